The summed E-state index contributed by atoms with van der Waals surface area (Å²) in [7, 11) is 4.26. The first kappa shape index (κ1) is 25.0. The number of nitrogens with zero attached hydrogens (tertiary/aromatic N) is 3. The molecule has 0 atom stereocenters. The lowest BCUT2D eigenvalue weighted by atomic mass is 9.97. The number of aromatic nitrogens is 2. The van der Waals surface area contributed by atoms with Gasteiger partial charge in [-0.25, -0.2) is 5.43 Å². The van der Waals surface area contributed by atoms with Crippen LogP contribution < -0.4 is 11.3 Å². The molecule has 2 heterocycles. The Bertz CT molecular complexity index is 1080. The van der Waals surface area contributed by atoms with E-state index in [9.17, 15) is 23.1 Å². The molecule has 8 nitrogen and oxygen atoms in total. The topological polar surface area (TPSA) is 106 Å². The molecule has 180 valence electrons. The first-order valence-corrected chi connectivity index (χ1v) is 11.0. The molecule has 0 unspecified atom stereocenters. The van der Waals surface area contributed by atoms with Gasteiger partial charge >= 0.3 is 12.1 Å². The van der Waals surface area contributed by atoms with Crippen molar-refractivity contribution in [3.05, 3.63) is 35.5 Å². The number of nitrogens with two attached hydrogens (primary N) is 1. The zero-order valence-electron chi connectivity index (χ0n) is 18.4. The number of carbonyl (C=O) groups excluding carboxylic acids is 1. The molecule has 1 aliphatic heterocycles. The van der Waals surface area contributed by atoms with E-state index in [2.05, 4.69) is 10.5 Å². The molecule has 0 bridgehead atoms. The first-order chi connectivity index (χ1) is 15.6. The van der Waals surface area contributed by atoms with Crippen molar-refractivity contribution in [1.29, 1.82) is 0 Å². The van der Waals surface area contributed by atoms with Gasteiger partial charge in [-0.3, -0.25) is 20.2 Å². The van der Waals surface area contributed by atoms with Gasteiger partial charge < -0.3 is 9.84 Å². The number of aromatic hydroxyl groups is 1. The molecule has 2 aromatic rings. The highest BCUT2D eigenvalue weighted by Gasteiger charge is 2.30. The summed E-state index contributed by atoms with van der Waals surface area (Å²) in [6.07, 6.45) is -3.18. The lowest BCUT2D eigenvalue weighted by Gasteiger charge is -2.30. The average molecular weight is 486 g/mol. The van der Waals surface area contributed by atoms with Crippen molar-refractivity contribution < 1.29 is 27.8 Å². The molecule has 1 fully saturated rings. The lowest BCUT2D eigenvalue weighted by Crippen LogP contribution is -2.48. The summed E-state index contributed by atoms with van der Waals surface area (Å²) in [6.45, 7) is 2.97. The van der Waals surface area contributed by atoms with Gasteiger partial charge in [0.15, 0.2) is 5.75 Å². The smallest absolute Gasteiger partial charge is 0.416 e. The van der Waals surface area contributed by atoms with Gasteiger partial charge in [0.1, 0.15) is 16.5 Å². The fourth-order valence-corrected chi connectivity index (χ4v) is 4.65. The standard InChI is InChI=1S/C21H26F3N5O3S/c1-12(33-20(26-25)29-10-8-14(9-11-29)19(31)32-3)16-18(30)17(28(2)27-16)13-4-6-15(7-5-13)21(22,23)24/h4-7,14,26,30H,8-11,25H2,1-3H3. The third kappa shape index (κ3) is 5.46. The molecule has 0 saturated carbocycles. The zero-order chi connectivity index (χ0) is 24.3. The van der Waals surface area contributed by atoms with Crippen molar-refractivity contribution in [1.82, 2.24) is 20.1 Å². The van der Waals surface area contributed by atoms with Crippen molar-refractivity contribution in [2.45, 2.75) is 25.9 Å². The molecule has 4 N–H and O–H groups in total. The van der Waals surface area contributed by atoms with E-state index in [0.29, 0.717) is 52.9 Å². The maximum Gasteiger partial charge on any atom is 0.416 e. The van der Waals surface area contributed by atoms with Crippen LogP contribution in [0.25, 0.3) is 11.3 Å². The molecule has 1 aromatic carbocycles. The number of likely N-dealkylation sites (tertiary alicyclic amines) is 1. The SMILES string of the molecule is COC(=O)C1CCN(C(NN)=S=C(C)c2nn(C)c(-c3ccc(C(F)(F)F)cc3)c2O)CC1. The quantitative estimate of drug-likeness (QED) is 0.202. The molecule has 1 aliphatic rings. The number of aryl methyl sites for hydroxylation is 1. The second kappa shape index (κ2) is 10.1. The summed E-state index contributed by atoms with van der Waals surface area (Å²) in [5.41, 5.74) is 2.92. The molecule has 1 aromatic heterocycles. The van der Waals surface area contributed by atoms with Crippen molar-refractivity contribution >= 4 is 26.9 Å². The van der Waals surface area contributed by atoms with Crippen LogP contribution in [0.5, 0.6) is 5.75 Å². The average Bonchev–Trinajstić information content (AvgIpc) is 3.10. The molecule has 0 amide bonds. The van der Waals surface area contributed by atoms with E-state index in [4.69, 9.17) is 10.6 Å². The van der Waals surface area contributed by atoms with Gasteiger partial charge in [-0.2, -0.15) is 18.3 Å². The number of rotatable bonds is 3. The molecule has 0 radical (unpaired) electrons. The molecule has 0 spiro atoms. The number of esters is 1. The zero-order valence-corrected chi connectivity index (χ0v) is 19.3. The number of methoxy groups -OCH3 is 1. The molecule has 0 aliphatic carbocycles. The van der Waals surface area contributed by atoms with Crippen LogP contribution in [-0.4, -0.2) is 55.9 Å². The van der Waals surface area contributed by atoms with E-state index >= 15 is 0 Å². The maximum atomic E-state index is 12.9. The van der Waals surface area contributed by atoms with Gasteiger partial charge in [-0.1, -0.05) is 12.1 Å². The predicted octanol–water partition coefficient (Wildman–Crippen LogP) is 2.52. The molecular formula is C21H26F3N5O3S. The summed E-state index contributed by atoms with van der Waals surface area (Å²) < 4.78 is 44.8. The number of carbonyl (C=O) groups is 1. The summed E-state index contributed by atoms with van der Waals surface area (Å²) in [4.78, 5) is 14.4. The summed E-state index contributed by atoms with van der Waals surface area (Å²) in [5, 5.41) is 15.8. The minimum atomic E-state index is -4.44. The second-order valence-corrected chi connectivity index (χ2v) is 8.84. The van der Waals surface area contributed by atoms with Gasteiger partial charge in [0.2, 0.25) is 0 Å². The van der Waals surface area contributed by atoms with E-state index in [1.807, 2.05) is 4.90 Å². The molecule has 1 saturated heterocycles. The molecular weight excluding hydrogens is 459 g/mol. The molecule has 3 rings (SSSR count). The van der Waals surface area contributed by atoms with Gasteiger partial charge in [-0.15, -0.1) is 10.9 Å². The predicted molar refractivity (Wildman–Crippen MR) is 121 cm³/mol. The summed E-state index contributed by atoms with van der Waals surface area (Å²) in [5.74, 6) is 5.23. The Labute approximate surface area is 192 Å². The van der Waals surface area contributed by atoms with Gasteiger partial charge in [0.05, 0.1) is 18.6 Å². The Balaban J connectivity index is 1.90. The number of hydrogen-bond acceptors (Lipinski definition) is 5. The number of piperidine rings is 1. The van der Waals surface area contributed by atoms with Crippen molar-refractivity contribution in [3.63, 3.8) is 0 Å². The number of halogens is 3. The number of benzene rings is 1. The van der Waals surface area contributed by atoms with Crippen LogP contribution in [0.4, 0.5) is 13.2 Å². The molecule has 12 heteroatoms. The Hall–Kier alpha value is -2.67. The van der Waals surface area contributed by atoms with Crippen molar-refractivity contribution in [2.24, 2.45) is 18.8 Å². The highest BCUT2D eigenvalue weighted by atomic mass is 32.1. The number of ether oxygens (including phenoxy) is 1. The largest absolute Gasteiger partial charge is 0.504 e. The van der Waals surface area contributed by atoms with Gasteiger partial charge in [0, 0.05) is 30.6 Å². The Morgan fingerprint density at radius 3 is 2.39 bits per heavy atom. The number of nitrogens with one attached hydrogen (secondary N) is 1. The van der Waals surface area contributed by atoms with Crippen LogP contribution in [0, 0.1) is 5.92 Å². The normalized spacial score (nSPS) is 15.4. The van der Waals surface area contributed by atoms with E-state index in [-0.39, 0.29) is 17.6 Å². The fourth-order valence-electron chi connectivity index (χ4n) is 3.75. The van der Waals surface area contributed by atoms with Crippen LogP contribution in [0.2, 0.25) is 0 Å². The fraction of sp³-hybridized carbons (Fsp3) is 0.429. The summed E-state index contributed by atoms with van der Waals surface area (Å²) >= 11 is 0. The van der Waals surface area contributed by atoms with E-state index in [1.54, 1.807) is 14.0 Å². The van der Waals surface area contributed by atoms with Crippen LogP contribution in [0.3, 0.4) is 0 Å². The van der Waals surface area contributed by atoms with Crippen molar-refractivity contribution in [2.75, 3.05) is 20.2 Å². The summed E-state index contributed by atoms with van der Waals surface area (Å²) in [6, 6.07) is 4.54. The van der Waals surface area contributed by atoms with Gasteiger partial charge in [-0.05, 0) is 31.9 Å². The van der Waals surface area contributed by atoms with E-state index in [0.717, 1.165) is 12.1 Å². The minimum absolute atomic E-state index is 0.136. The van der Waals surface area contributed by atoms with Crippen molar-refractivity contribution in [3.8, 4) is 17.0 Å². The minimum Gasteiger partial charge on any atom is -0.504 e. The first-order valence-electron chi connectivity index (χ1n) is 10.2. The third-order valence-corrected chi connectivity index (χ3v) is 6.60. The lowest BCUT2D eigenvalue weighted by molar-refractivity contribution is -0.146. The second-order valence-electron chi connectivity index (χ2n) is 7.64. The Morgan fingerprint density at radius 1 is 1.27 bits per heavy atom. The third-order valence-electron chi connectivity index (χ3n) is 5.53. The Morgan fingerprint density at radius 2 is 1.88 bits per heavy atom. The van der Waals surface area contributed by atoms with Crippen LogP contribution >= 0.6 is 10.9 Å². The number of hydrazine groups is 1. The highest BCUT2D eigenvalue weighted by molar-refractivity contribution is 7.98. The number of alkyl halides is 3. The van der Waals surface area contributed by atoms with E-state index < -0.39 is 11.7 Å². The van der Waals surface area contributed by atoms with Crippen LogP contribution in [0.1, 0.15) is 31.0 Å². The Kier molecular flexibility index (Phi) is 7.62. The number of hydrogen-bond donors (Lipinski definition) is 3. The monoisotopic (exact) mass is 485 g/mol. The highest BCUT2D eigenvalue weighted by Crippen LogP contribution is 2.35. The van der Waals surface area contributed by atoms with E-state index in [1.165, 1.54) is 34.9 Å². The van der Waals surface area contributed by atoms with Gasteiger partial charge in [0.25, 0.3) is 0 Å². The van der Waals surface area contributed by atoms with Crippen LogP contribution in [0.15, 0.2) is 24.3 Å². The van der Waals surface area contributed by atoms with Crippen LogP contribution in [-0.2, 0) is 22.8 Å². The molecule has 33 heavy (non-hydrogen) atoms. The maximum absolute atomic E-state index is 12.9.